The Labute approximate surface area is 112 Å². The molecule has 3 N–H and O–H groups in total. The molecule has 0 saturated carbocycles. The Kier molecular flexibility index (Phi) is 5.56. The largest absolute Gasteiger partial charge is 0.388 e. The lowest BCUT2D eigenvalue weighted by atomic mass is 10.1. The molecule has 0 spiro atoms. The maximum Gasteiger partial charge on any atom is 0.142 e. The minimum absolute atomic E-state index is 0.158. The Morgan fingerprint density at radius 1 is 1.50 bits per heavy atom. The molecule has 1 aromatic carbocycles. The third-order valence-corrected chi connectivity index (χ3v) is 3.23. The normalized spacial score (nSPS) is 11.2. The molecule has 0 heterocycles. The lowest BCUT2D eigenvalue weighted by Gasteiger charge is -2.26. The van der Waals surface area contributed by atoms with Crippen LogP contribution in [0.3, 0.4) is 0 Å². The molecule has 1 aromatic rings. The van der Waals surface area contributed by atoms with Crippen molar-refractivity contribution >= 4 is 17.4 Å². The highest BCUT2D eigenvalue weighted by Gasteiger charge is 2.13. The molecule has 1 rings (SSSR count). The molecular weight excluding hydrogens is 253 g/mol. The van der Waals surface area contributed by atoms with Crippen LogP contribution in [0.2, 0.25) is 5.02 Å². The highest BCUT2D eigenvalue weighted by atomic mass is 35.5. The topological polar surface area (TPSA) is 53.1 Å². The van der Waals surface area contributed by atoms with Gasteiger partial charge in [-0.05, 0) is 25.5 Å². The van der Waals surface area contributed by atoms with Gasteiger partial charge in [0.15, 0.2) is 0 Å². The fourth-order valence-corrected chi connectivity index (χ4v) is 1.86. The van der Waals surface area contributed by atoms with Crippen molar-refractivity contribution in [1.29, 1.82) is 5.41 Å². The van der Waals surface area contributed by atoms with Gasteiger partial charge >= 0.3 is 0 Å². The first kappa shape index (κ1) is 14.9. The van der Waals surface area contributed by atoms with E-state index in [1.807, 2.05) is 19.9 Å². The van der Waals surface area contributed by atoms with Gasteiger partial charge in [-0.2, -0.15) is 0 Å². The van der Waals surface area contributed by atoms with E-state index in [1.165, 1.54) is 6.07 Å². The lowest BCUT2D eigenvalue weighted by molar-refractivity contribution is 0.219. The van der Waals surface area contributed by atoms with Crippen LogP contribution in [0.25, 0.3) is 0 Å². The van der Waals surface area contributed by atoms with E-state index in [-0.39, 0.29) is 16.9 Å². The van der Waals surface area contributed by atoms with E-state index in [0.29, 0.717) is 19.5 Å². The van der Waals surface area contributed by atoms with E-state index >= 15 is 0 Å². The van der Waals surface area contributed by atoms with Crippen molar-refractivity contribution < 1.29 is 4.39 Å². The van der Waals surface area contributed by atoms with E-state index in [1.54, 1.807) is 6.07 Å². The van der Waals surface area contributed by atoms with Crippen LogP contribution in [0.1, 0.15) is 25.8 Å². The number of nitrogens with one attached hydrogen (secondary N) is 1. The van der Waals surface area contributed by atoms with Crippen LogP contribution in [-0.4, -0.2) is 23.3 Å². The summed E-state index contributed by atoms with van der Waals surface area (Å²) in [6, 6.07) is 5.10. The van der Waals surface area contributed by atoms with E-state index < -0.39 is 5.82 Å². The van der Waals surface area contributed by atoms with Crippen LogP contribution in [0.5, 0.6) is 0 Å². The van der Waals surface area contributed by atoms with Crippen LogP contribution in [-0.2, 0) is 6.54 Å². The average molecular weight is 272 g/mol. The summed E-state index contributed by atoms with van der Waals surface area (Å²) >= 11 is 5.94. The Hall–Kier alpha value is -1.13. The van der Waals surface area contributed by atoms with Gasteiger partial charge in [-0.25, -0.2) is 4.39 Å². The Bertz CT molecular complexity index is 421. The van der Waals surface area contributed by atoms with Crippen LogP contribution < -0.4 is 5.73 Å². The number of amidine groups is 1. The molecule has 0 radical (unpaired) electrons. The van der Waals surface area contributed by atoms with Crippen molar-refractivity contribution in [3.8, 4) is 0 Å². The zero-order valence-electron chi connectivity index (χ0n) is 10.7. The second-order valence-corrected chi connectivity index (χ2v) is 4.93. The van der Waals surface area contributed by atoms with Crippen molar-refractivity contribution in [1.82, 2.24) is 4.90 Å². The summed E-state index contributed by atoms with van der Waals surface area (Å²) in [7, 11) is 0. The van der Waals surface area contributed by atoms with E-state index in [0.717, 1.165) is 5.56 Å². The summed E-state index contributed by atoms with van der Waals surface area (Å²) < 4.78 is 13.3. The standard InChI is InChI=1S/C13H19ClFN3/c1-9(2)18(7-6-12(16)17)8-10-4-3-5-11(15)13(10)14/h3-5,9H,6-8H2,1-2H3,(H3,16,17). The summed E-state index contributed by atoms with van der Waals surface area (Å²) in [5, 5.41) is 7.42. The van der Waals surface area contributed by atoms with Gasteiger partial charge < -0.3 is 5.73 Å². The van der Waals surface area contributed by atoms with Crippen LogP contribution >= 0.6 is 11.6 Å². The second kappa shape index (κ2) is 6.71. The molecule has 0 bridgehead atoms. The summed E-state index contributed by atoms with van der Waals surface area (Å²) in [4.78, 5) is 2.11. The number of rotatable bonds is 6. The van der Waals surface area contributed by atoms with Gasteiger partial charge in [0.1, 0.15) is 5.82 Å². The Balaban J connectivity index is 2.77. The van der Waals surface area contributed by atoms with Crippen molar-refractivity contribution in [3.05, 3.63) is 34.6 Å². The predicted octanol–water partition coefficient (Wildman–Crippen LogP) is 3.02. The number of nitrogens with zero attached hydrogens (tertiary/aromatic N) is 1. The number of hydrogen-bond acceptors (Lipinski definition) is 2. The van der Waals surface area contributed by atoms with Crippen LogP contribution in [0.4, 0.5) is 4.39 Å². The van der Waals surface area contributed by atoms with Crippen LogP contribution in [0, 0.1) is 11.2 Å². The van der Waals surface area contributed by atoms with Crippen molar-refractivity contribution in [2.45, 2.75) is 32.9 Å². The maximum atomic E-state index is 13.3. The molecule has 0 aliphatic heterocycles. The highest BCUT2D eigenvalue weighted by molar-refractivity contribution is 6.31. The lowest BCUT2D eigenvalue weighted by Crippen LogP contribution is -2.33. The molecule has 0 atom stereocenters. The average Bonchev–Trinajstić information content (AvgIpc) is 2.29. The fraction of sp³-hybridized carbons (Fsp3) is 0.462. The molecule has 0 unspecified atom stereocenters. The van der Waals surface area contributed by atoms with Crippen molar-refractivity contribution in [2.24, 2.45) is 5.73 Å². The summed E-state index contributed by atoms with van der Waals surface area (Å²) in [5.74, 6) is -0.240. The zero-order chi connectivity index (χ0) is 13.7. The smallest absolute Gasteiger partial charge is 0.142 e. The third-order valence-electron chi connectivity index (χ3n) is 2.80. The summed E-state index contributed by atoms with van der Waals surface area (Å²) in [6.07, 6.45) is 0.505. The molecule has 0 aromatic heterocycles. The van der Waals surface area contributed by atoms with E-state index in [4.69, 9.17) is 22.7 Å². The molecule has 18 heavy (non-hydrogen) atoms. The fourth-order valence-electron chi connectivity index (χ4n) is 1.67. The number of nitrogens with two attached hydrogens (primary N) is 1. The summed E-state index contributed by atoms with van der Waals surface area (Å²) in [6.45, 7) is 5.32. The minimum Gasteiger partial charge on any atom is -0.388 e. The monoisotopic (exact) mass is 271 g/mol. The zero-order valence-corrected chi connectivity index (χ0v) is 11.5. The van der Waals surface area contributed by atoms with Crippen LogP contribution in [0.15, 0.2) is 18.2 Å². The summed E-state index contributed by atoms with van der Waals surface area (Å²) in [5.41, 5.74) is 6.12. The molecule has 100 valence electrons. The minimum atomic E-state index is -0.399. The number of benzene rings is 1. The molecule has 0 aliphatic rings. The molecule has 0 saturated heterocycles. The number of halogens is 2. The van der Waals surface area contributed by atoms with E-state index in [9.17, 15) is 4.39 Å². The Morgan fingerprint density at radius 2 is 2.17 bits per heavy atom. The highest BCUT2D eigenvalue weighted by Crippen LogP contribution is 2.21. The molecule has 0 amide bonds. The number of hydrogen-bond donors (Lipinski definition) is 2. The first-order valence-electron chi connectivity index (χ1n) is 5.91. The second-order valence-electron chi connectivity index (χ2n) is 4.55. The van der Waals surface area contributed by atoms with Crippen molar-refractivity contribution in [2.75, 3.05) is 6.54 Å². The molecule has 0 aliphatic carbocycles. The molecule has 0 fully saturated rings. The first-order chi connectivity index (χ1) is 8.41. The van der Waals surface area contributed by atoms with Crippen molar-refractivity contribution in [3.63, 3.8) is 0 Å². The maximum absolute atomic E-state index is 13.3. The van der Waals surface area contributed by atoms with Gasteiger partial charge in [-0.15, -0.1) is 0 Å². The van der Waals surface area contributed by atoms with Gasteiger partial charge in [0, 0.05) is 25.6 Å². The first-order valence-corrected chi connectivity index (χ1v) is 6.29. The van der Waals surface area contributed by atoms with Gasteiger partial charge in [0.2, 0.25) is 0 Å². The Morgan fingerprint density at radius 3 is 2.72 bits per heavy atom. The quantitative estimate of drug-likeness (QED) is 0.617. The third kappa shape index (κ3) is 4.27. The SMILES string of the molecule is CC(C)N(CCC(=N)N)Cc1cccc(F)c1Cl. The van der Waals surface area contributed by atoms with Gasteiger partial charge in [0.25, 0.3) is 0 Å². The van der Waals surface area contributed by atoms with Gasteiger partial charge in [-0.3, -0.25) is 10.3 Å². The molecule has 3 nitrogen and oxygen atoms in total. The molecular formula is C13H19ClFN3. The van der Waals surface area contributed by atoms with Gasteiger partial charge in [-0.1, -0.05) is 23.7 Å². The molecule has 5 heteroatoms. The van der Waals surface area contributed by atoms with Gasteiger partial charge in [0.05, 0.1) is 10.9 Å². The predicted molar refractivity (Wildman–Crippen MR) is 73.5 cm³/mol. The van der Waals surface area contributed by atoms with E-state index in [2.05, 4.69) is 4.90 Å².